The third-order valence-electron chi connectivity index (χ3n) is 4.87. The first-order valence-electron chi connectivity index (χ1n) is 8.75. The fourth-order valence-electron chi connectivity index (χ4n) is 3.48. The van der Waals surface area contributed by atoms with E-state index in [1.54, 1.807) is 18.2 Å². The van der Waals surface area contributed by atoms with Crippen LogP contribution in [0, 0.1) is 0 Å². The summed E-state index contributed by atoms with van der Waals surface area (Å²) in [6, 6.07) is 9.94. The van der Waals surface area contributed by atoms with Crippen molar-refractivity contribution >= 4 is 55.7 Å². The summed E-state index contributed by atoms with van der Waals surface area (Å²) in [5.41, 5.74) is 1.63. The standard InChI is InChI=1S/C20H16BrNO6/c21-12-4-6-14-13-5-3-11(8-17(13)28-18(14)9-12)16(23)10-27-19(24)15-2-1-7-22(15)20(25)26/h3-6,8-9,15H,1-2,7,10H2,(H,25,26). The Kier molecular flexibility index (Phi) is 4.80. The van der Waals surface area contributed by atoms with Gasteiger partial charge in [-0.15, -0.1) is 0 Å². The fraction of sp³-hybridized carbons (Fsp3) is 0.250. The molecular weight excluding hydrogens is 430 g/mol. The molecule has 0 saturated carbocycles. The van der Waals surface area contributed by atoms with Gasteiger partial charge in [0, 0.05) is 27.4 Å². The minimum Gasteiger partial charge on any atom is -0.465 e. The molecule has 144 valence electrons. The average molecular weight is 446 g/mol. The highest BCUT2D eigenvalue weighted by molar-refractivity contribution is 9.10. The molecule has 0 radical (unpaired) electrons. The molecule has 7 nitrogen and oxygen atoms in total. The highest BCUT2D eigenvalue weighted by atomic mass is 79.9. The molecule has 1 fully saturated rings. The van der Waals surface area contributed by atoms with Crippen molar-refractivity contribution in [3.8, 4) is 0 Å². The number of carboxylic acid groups (broad SMARTS) is 1. The zero-order valence-corrected chi connectivity index (χ0v) is 16.3. The number of fused-ring (bicyclic) bond motifs is 3. The Morgan fingerprint density at radius 3 is 2.61 bits per heavy atom. The van der Waals surface area contributed by atoms with Crippen LogP contribution in [0.25, 0.3) is 21.9 Å². The van der Waals surface area contributed by atoms with Crippen molar-refractivity contribution in [3.05, 3.63) is 46.4 Å². The van der Waals surface area contributed by atoms with Crippen molar-refractivity contribution in [1.29, 1.82) is 0 Å². The van der Waals surface area contributed by atoms with E-state index in [9.17, 15) is 14.4 Å². The van der Waals surface area contributed by atoms with E-state index in [2.05, 4.69) is 15.9 Å². The number of likely N-dealkylation sites (tertiary alicyclic amines) is 1. The van der Waals surface area contributed by atoms with Crippen LogP contribution in [0.2, 0.25) is 0 Å². The normalized spacial score (nSPS) is 16.6. The van der Waals surface area contributed by atoms with Crippen molar-refractivity contribution in [3.63, 3.8) is 0 Å². The van der Waals surface area contributed by atoms with Gasteiger partial charge in [0.1, 0.15) is 17.2 Å². The molecule has 1 aliphatic heterocycles. The maximum Gasteiger partial charge on any atom is 0.408 e. The summed E-state index contributed by atoms with van der Waals surface area (Å²) in [6.07, 6.45) is -0.161. The molecule has 2 heterocycles. The van der Waals surface area contributed by atoms with E-state index < -0.39 is 24.7 Å². The molecule has 1 N–H and O–H groups in total. The number of halogens is 1. The first-order chi connectivity index (χ1) is 13.4. The summed E-state index contributed by atoms with van der Waals surface area (Å²) in [6.45, 7) is -0.151. The zero-order chi connectivity index (χ0) is 19.8. The number of amides is 1. The van der Waals surface area contributed by atoms with E-state index in [0.29, 0.717) is 36.1 Å². The Morgan fingerprint density at radius 2 is 1.86 bits per heavy atom. The van der Waals surface area contributed by atoms with Gasteiger partial charge < -0.3 is 14.3 Å². The van der Waals surface area contributed by atoms with Gasteiger partial charge in [-0.2, -0.15) is 0 Å². The van der Waals surface area contributed by atoms with Gasteiger partial charge in [-0.05, 0) is 43.2 Å². The van der Waals surface area contributed by atoms with E-state index in [1.807, 2.05) is 18.2 Å². The molecule has 1 saturated heterocycles. The second-order valence-corrected chi connectivity index (χ2v) is 7.53. The van der Waals surface area contributed by atoms with Crippen LogP contribution in [0.3, 0.4) is 0 Å². The Hall–Kier alpha value is -2.87. The van der Waals surface area contributed by atoms with Crippen LogP contribution < -0.4 is 0 Å². The molecule has 2 aromatic carbocycles. The lowest BCUT2D eigenvalue weighted by molar-refractivity contribution is -0.147. The second kappa shape index (κ2) is 7.27. The maximum atomic E-state index is 12.4. The van der Waals surface area contributed by atoms with Crippen LogP contribution in [0.5, 0.6) is 0 Å². The first-order valence-corrected chi connectivity index (χ1v) is 9.54. The Balaban J connectivity index is 1.49. The lowest BCUT2D eigenvalue weighted by Crippen LogP contribution is -2.41. The summed E-state index contributed by atoms with van der Waals surface area (Å²) >= 11 is 3.40. The molecule has 1 aromatic heterocycles. The number of ketones is 1. The van der Waals surface area contributed by atoms with Gasteiger partial charge in [-0.1, -0.05) is 22.0 Å². The van der Waals surface area contributed by atoms with Crippen LogP contribution in [-0.2, 0) is 9.53 Å². The van der Waals surface area contributed by atoms with E-state index >= 15 is 0 Å². The van der Waals surface area contributed by atoms with E-state index in [1.165, 1.54) is 0 Å². The Morgan fingerprint density at radius 1 is 1.14 bits per heavy atom. The lowest BCUT2D eigenvalue weighted by atomic mass is 10.1. The first kappa shape index (κ1) is 18.5. The van der Waals surface area contributed by atoms with Crippen molar-refractivity contribution in [2.45, 2.75) is 18.9 Å². The largest absolute Gasteiger partial charge is 0.465 e. The van der Waals surface area contributed by atoms with E-state index in [0.717, 1.165) is 20.1 Å². The molecule has 0 aliphatic carbocycles. The number of carbonyl (C=O) groups excluding carboxylic acids is 2. The number of benzene rings is 2. The smallest absolute Gasteiger partial charge is 0.408 e. The molecule has 4 rings (SSSR count). The monoisotopic (exact) mass is 445 g/mol. The highest BCUT2D eigenvalue weighted by Gasteiger charge is 2.35. The number of furan rings is 1. The van der Waals surface area contributed by atoms with Crippen molar-refractivity contribution in [1.82, 2.24) is 4.90 Å². The van der Waals surface area contributed by atoms with Crippen LogP contribution >= 0.6 is 15.9 Å². The number of hydrogen-bond acceptors (Lipinski definition) is 5. The summed E-state index contributed by atoms with van der Waals surface area (Å²) in [5.74, 6) is -1.07. The molecule has 28 heavy (non-hydrogen) atoms. The fourth-order valence-corrected chi connectivity index (χ4v) is 3.82. The topological polar surface area (TPSA) is 97.1 Å². The lowest BCUT2D eigenvalue weighted by Gasteiger charge is -2.19. The Labute approximate surface area is 168 Å². The number of rotatable bonds is 4. The van der Waals surface area contributed by atoms with Gasteiger partial charge in [0.2, 0.25) is 0 Å². The maximum absolute atomic E-state index is 12.4. The van der Waals surface area contributed by atoms with Crippen LogP contribution in [-0.4, -0.2) is 47.0 Å². The summed E-state index contributed by atoms with van der Waals surface area (Å²) in [7, 11) is 0. The SMILES string of the molecule is O=C(COC(=O)C1CCCN1C(=O)O)c1ccc2c(c1)oc1cc(Br)ccc12. The number of carbonyl (C=O) groups is 3. The molecule has 1 aliphatic rings. The van der Waals surface area contributed by atoms with Gasteiger partial charge in [0.25, 0.3) is 0 Å². The third-order valence-corrected chi connectivity index (χ3v) is 5.37. The van der Waals surface area contributed by atoms with E-state index in [-0.39, 0.29) is 5.78 Å². The van der Waals surface area contributed by atoms with E-state index in [4.69, 9.17) is 14.3 Å². The highest BCUT2D eigenvalue weighted by Crippen LogP contribution is 2.31. The third kappa shape index (κ3) is 3.35. The molecular formula is C20H16BrNO6. The summed E-state index contributed by atoms with van der Waals surface area (Å²) < 4.78 is 11.8. The number of ether oxygens (including phenoxy) is 1. The molecule has 0 spiro atoms. The van der Waals surface area contributed by atoms with Gasteiger partial charge in [0.15, 0.2) is 12.4 Å². The second-order valence-electron chi connectivity index (χ2n) is 6.62. The van der Waals surface area contributed by atoms with Crippen molar-refractivity contribution < 1.29 is 28.6 Å². The minimum atomic E-state index is -1.16. The molecule has 8 heteroatoms. The summed E-state index contributed by atoms with van der Waals surface area (Å²) in [5, 5.41) is 10.9. The quantitative estimate of drug-likeness (QED) is 0.476. The van der Waals surface area contributed by atoms with Gasteiger partial charge >= 0.3 is 12.1 Å². The zero-order valence-electron chi connectivity index (χ0n) is 14.7. The van der Waals surface area contributed by atoms with Gasteiger partial charge in [-0.3, -0.25) is 9.69 Å². The van der Waals surface area contributed by atoms with Crippen LogP contribution in [0.4, 0.5) is 4.79 Å². The number of hydrogen-bond donors (Lipinski definition) is 1. The number of nitrogens with zero attached hydrogens (tertiary/aromatic N) is 1. The number of esters is 1. The molecule has 1 amide bonds. The minimum absolute atomic E-state index is 0.294. The van der Waals surface area contributed by atoms with Gasteiger partial charge in [0.05, 0.1) is 0 Å². The van der Waals surface area contributed by atoms with Crippen molar-refractivity contribution in [2.24, 2.45) is 0 Å². The average Bonchev–Trinajstić information content (AvgIpc) is 3.29. The Bertz CT molecular complexity index is 1100. The van der Waals surface area contributed by atoms with Gasteiger partial charge in [-0.25, -0.2) is 9.59 Å². The molecule has 0 bridgehead atoms. The van der Waals surface area contributed by atoms with Crippen LogP contribution in [0.15, 0.2) is 45.3 Å². The summed E-state index contributed by atoms with van der Waals surface area (Å²) in [4.78, 5) is 36.8. The van der Waals surface area contributed by atoms with Crippen LogP contribution in [0.1, 0.15) is 23.2 Å². The molecule has 1 unspecified atom stereocenters. The molecule has 1 atom stereocenters. The molecule has 3 aromatic rings. The predicted molar refractivity (Wildman–Crippen MR) is 104 cm³/mol. The predicted octanol–water partition coefficient (Wildman–Crippen LogP) is 4.22. The number of Topliss-reactive ketones (excluding diaryl/α,β-unsaturated/α-hetero) is 1. The van der Waals surface area contributed by atoms with Crippen molar-refractivity contribution in [2.75, 3.05) is 13.2 Å².